The van der Waals surface area contributed by atoms with E-state index in [0.717, 1.165) is 37.4 Å². The second kappa shape index (κ2) is 8.97. The average molecular weight is 395 g/mol. The molecular weight excluding hydrogens is 364 g/mol. The summed E-state index contributed by atoms with van der Waals surface area (Å²) in [7, 11) is 0. The summed E-state index contributed by atoms with van der Waals surface area (Å²) in [6, 6.07) is 16.3. The third kappa shape index (κ3) is 4.98. The van der Waals surface area contributed by atoms with E-state index in [1.807, 2.05) is 30.3 Å². The molecule has 29 heavy (non-hydrogen) atoms. The van der Waals surface area contributed by atoms with Crippen LogP contribution in [0.15, 0.2) is 48.5 Å². The van der Waals surface area contributed by atoms with E-state index in [2.05, 4.69) is 42.3 Å². The summed E-state index contributed by atoms with van der Waals surface area (Å²) in [6.45, 7) is 7.98. The molecule has 0 unspecified atom stereocenters. The molecule has 5 nitrogen and oxygen atoms in total. The molecule has 2 aromatic carbocycles. The first-order valence-corrected chi connectivity index (χ1v) is 10.5. The summed E-state index contributed by atoms with van der Waals surface area (Å²) in [4.78, 5) is 15.2. The molecule has 4 rings (SSSR count). The van der Waals surface area contributed by atoms with Gasteiger partial charge in [-0.2, -0.15) is 0 Å². The van der Waals surface area contributed by atoms with Crippen LogP contribution in [0.4, 0.5) is 0 Å². The summed E-state index contributed by atoms with van der Waals surface area (Å²) in [5.74, 6) is 0.816. The van der Waals surface area contributed by atoms with Crippen LogP contribution in [-0.4, -0.2) is 42.7 Å². The highest BCUT2D eigenvalue weighted by molar-refractivity contribution is 5.79. The second-order valence-corrected chi connectivity index (χ2v) is 8.26. The minimum Gasteiger partial charge on any atom is -0.492 e. The maximum atomic E-state index is 12.8. The smallest absolute Gasteiger partial charge is 0.227 e. The van der Waals surface area contributed by atoms with Gasteiger partial charge < -0.3 is 14.8 Å². The van der Waals surface area contributed by atoms with Gasteiger partial charge >= 0.3 is 0 Å². The largest absolute Gasteiger partial charge is 0.492 e. The summed E-state index contributed by atoms with van der Waals surface area (Å²) < 4.78 is 11.6. The van der Waals surface area contributed by atoms with Crippen molar-refractivity contribution in [1.29, 1.82) is 0 Å². The lowest BCUT2D eigenvalue weighted by Crippen LogP contribution is -2.45. The summed E-state index contributed by atoms with van der Waals surface area (Å²) in [5.41, 5.74) is 3.54. The van der Waals surface area contributed by atoms with Gasteiger partial charge in [0.1, 0.15) is 12.4 Å². The average Bonchev–Trinajstić information content (AvgIpc) is 2.72. The van der Waals surface area contributed by atoms with Gasteiger partial charge in [-0.1, -0.05) is 42.5 Å². The summed E-state index contributed by atoms with van der Waals surface area (Å²) >= 11 is 0. The van der Waals surface area contributed by atoms with Crippen LogP contribution in [0.3, 0.4) is 0 Å². The monoisotopic (exact) mass is 394 g/mol. The van der Waals surface area contributed by atoms with E-state index in [1.54, 1.807) is 0 Å². The summed E-state index contributed by atoms with van der Waals surface area (Å²) in [5, 5.41) is 3.13. The maximum Gasteiger partial charge on any atom is 0.227 e. The fraction of sp³-hybridized carbons (Fsp3) is 0.458. The topological polar surface area (TPSA) is 50.8 Å². The summed E-state index contributed by atoms with van der Waals surface area (Å²) in [6.07, 6.45) is 1.23. The minimum atomic E-state index is -0.141. The van der Waals surface area contributed by atoms with Crippen LogP contribution in [0.1, 0.15) is 30.5 Å². The van der Waals surface area contributed by atoms with Crippen LogP contribution in [0.25, 0.3) is 0 Å². The van der Waals surface area contributed by atoms with Crippen molar-refractivity contribution in [3.63, 3.8) is 0 Å². The van der Waals surface area contributed by atoms with E-state index in [9.17, 15) is 4.79 Å². The third-order valence-corrected chi connectivity index (χ3v) is 5.71. The number of amides is 1. The van der Waals surface area contributed by atoms with Crippen molar-refractivity contribution in [3.05, 3.63) is 65.2 Å². The number of nitrogens with one attached hydrogen (secondary N) is 1. The molecule has 0 bridgehead atoms. The maximum absolute atomic E-state index is 12.8. The standard InChI is InChI=1S/C24H30N2O3/c1-17-13-26(14-18(2)29-17)15-21-9-4-3-8-20(21)12-25-24(27)22-11-19-7-5-6-10-23(19)28-16-22/h3-10,17-18,22H,11-16H2,1-2H3,(H,25,27)/t17-,18+,22-/m0/s1. The van der Waals surface area contributed by atoms with Gasteiger partial charge in [-0.3, -0.25) is 9.69 Å². The van der Waals surface area contributed by atoms with E-state index in [-0.39, 0.29) is 24.0 Å². The van der Waals surface area contributed by atoms with Crippen LogP contribution in [-0.2, 0) is 29.0 Å². The molecule has 2 aliphatic heterocycles. The molecule has 0 radical (unpaired) electrons. The van der Waals surface area contributed by atoms with Crippen molar-refractivity contribution in [3.8, 4) is 5.75 Å². The third-order valence-electron chi connectivity index (χ3n) is 5.71. The molecule has 1 amide bonds. The van der Waals surface area contributed by atoms with Crippen LogP contribution in [0, 0.1) is 5.92 Å². The van der Waals surface area contributed by atoms with Crippen molar-refractivity contribution >= 4 is 5.91 Å². The SMILES string of the molecule is C[C@@H]1CN(Cc2ccccc2CNC(=O)[C@@H]2COc3ccccc3C2)C[C@H](C)O1. The number of carbonyl (C=O) groups excluding carboxylic acids is 1. The predicted molar refractivity (Wildman–Crippen MR) is 113 cm³/mol. The fourth-order valence-corrected chi connectivity index (χ4v) is 4.36. The fourth-order valence-electron chi connectivity index (χ4n) is 4.36. The number of fused-ring (bicyclic) bond motifs is 1. The molecule has 1 saturated heterocycles. The first kappa shape index (κ1) is 19.9. The number of benzene rings is 2. The number of hydrogen-bond donors (Lipinski definition) is 1. The van der Waals surface area contributed by atoms with Crippen molar-refractivity contribution in [1.82, 2.24) is 10.2 Å². The van der Waals surface area contributed by atoms with Crippen LogP contribution < -0.4 is 10.1 Å². The van der Waals surface area contributed by atoms with Gasteiger partial charge in [0.05, 0.1) is 18.1 Å². The van der Waals surface area contributed by atoms with Gasteiger partial charge in [-0.25, -0.2) is 0 Å². The zero-order chi connectivity index (χ0) is 20.2. The number of ether oxygens (including phenoxy) is 2. The van der Waals surface area contributed by atoms with Crippen molar-refractivity contribution < 1.29 is 14.3 Å². The Bertz CT molecular complexity index is 844. The molecule has 0 aliphatic carbocycles. The number of hydrogen-bond acceptors (Lipinski definition) is 4. The highest BCUT2D eigenvalue weighted by Crippen LogP contribution is 2.27. The van der Waals surface area contributed by atoms with Crippen LogP contribution in [0.2, 0.25) is 0 Å². The van der Waals surface area contributed by atoms with Gasteiger partial charge in [0.2, 0.25) is 5.91 Å². The molecule has 2 aliphatic rings. The van der Waals surface area contributed by atoms with Gasteiger partial charge in [0.15, 0.2) is 0 Å². The number of rotatable bonds is 5. The van der Waals surface area contributed by atoms with Gasteiger partial charge in [0, 0.05) is 26.2 Å². The molecule has 5 heteroatoms. The van der Waals surface area contributed by atoms with Crippen molar-refractivity contribution in [2.75, 3.05) is 19.7 Å². The Morgan fingerprint density at radius 2 is 1.72 bits per heavy atom. The van der Waals surface area contributed by atoms with E-state index in [0.29, 0.717) is 13.2 Å². The van der Waals surface area contributed by atoms with Crippen LogP contribution >= 0.6 is 0 Å². The second-order valence-electron chi connectivity index (χ2n) is 8.26. The minimum absolute atomic E-state index is 0.0583. The Morgan fingerprint density at radius 1 is 1.03 bits per heavy atom. The molecule has 0 saturated carbocycles. The molecule has 1 N–H and O–H groups in total. The van der Waals surface area contributed by atoms with Crippen molar-refractivity contribution in [2.24, 2.45) is 5.92 Å². The van der Waals surface area contributed by atoms with Crippen LogP contribution in [0.5, 0.6) is 5.75 Å². The van der Waals surface area contributed by atoms with Gasteiger partial charge in [-0.05, 0) is 43.0 Å². The Balaban J connectivity index is 1.36. The van der Waals surface area contributed by atoms with Gasteiger partial charge in [-0.15, -0.1) is 0 Å². The van der Waals surface area contributed by atoms with E-state index in [4.69, 9.17) is 9.47 Å². The highest BCUT2D eigenvalue weighted by Gasteiger charge is 2.26. The zero-order valence-corrected chi connectivity index (χ0v) is 17.3. The lowest BCUT2D eigenvalue weighted by molar-refractivity contribution is -0.126. The first-order chi connectivity index (χ1) is 14.1. The van der Waals surface area contributed by atoms with E-state index >= 15 is 0 Å². The zero-order valence-electron chi connectivity index (χ0n) is 17.3. The lowest BCUT2D eigenvalue weighted by atomic mass is 9.96. The normalized spacial score (nSPS) is 24.4. The number of para-hydroxylation sites is 1. The Kier molecular flexibility index (Phi) is 6.16. The number of carbonyl (C=O) groups is 1. The molecule has 2 aromatic rings. The Morgan fingerprint density at radius 3 is 2.52 bits per heavy atom. The number of morpholine rings is 1. The number of nitrogens with zero attached hydrogens (tertiary/aromatic N) is 1. The molecule has 2 heterocycles. The quantitative estimate of drug-likeness (QED) is 0.846. The molecule has 0 spiro atoms. The van der Waals surface area contributed by atoms with E-state index in [1.165, 1.54) is 11.1 Å². The van der Waals surface area contributed by atoms with Crippen molar-refractivity contribution in [2.45, 2.75) is 45.6 Å². The van der Waals surface area contributed by atoms with Gasteiger partial charge in [0.25, 0.3) is 0 Å². The highest BCUT2D eigenvalue weighted by atomic mass is 16.5. The molecule has 154 valence electrons. The predicted octanol–water partition coefficient (Wildman–Crippen LogP) is 3.16. The molecular formula is C24H30N2O3. The Labute approximate surface area is 173 Å². The molecule has 0 aromatic heterocycles. The molecule has 3 atom stereocenters. The lowest BCUT2D eigenvalue weighted by Gasteiger charge is -2.35. The Hall–Kier alpha value is -2.37. The van der Waals surface area contributed by atoms with E-state index < -0.39 is 0 Å². The molecule has 1 fully saturated rings. The first-order valence-electron chi connectivity index (χ1n) is 10.5.